The van der Waals surface area contributed by atoms with Crippen LogP contribution in [0.25, 0.3) is 0 Å². The summed E-state index contributed by atoms with van der Waals surface area (Å²) in [6.45, 7) is 12.7. The molecule has 0 unspecified atom stereocenters. The van der Waals surface area contributed by atoms with E-state index in [1.54, 1.807) is 11.8 Å². The highest BCUT2D eigenvalue weighted by molar-refractivity contribution is 5.88. The molecular weight excluding hydrogens is 376 g/mol. The SMILES string of the molecule is Cc1cc(C)cc(OCC(=O)N(Cc2ccccc2C)[C@@H](C)C(=O)NCC(C)C)c1. The number of carbonyl (C=O) groups excluding carboxylic acids is 2. The van der Waals surface area contributed by atoms with Crippen molar-refractivity contribution in [2.24, 2.45) is 5.92 Å². The third-order valence-corrected chi connectivity index (χ3v) is 5.01. The molecule has 0 saturated heterocycles. The Bertz CT molecular complexity index is 856. The van der Waals surface area contributed by atoms with Crippen molar-refractivity contribution >= 4 is 11.8 Å². The molecule has 0 aliphatic rings. The van der Waals surface area contributed by atoms with E-state index in [-0.39, 0.29) is 18.4 Å². The number of nitrogens with one attached hydrogen (secondary N) is 1. The Labute approximate surface area is 180 Å². The summed E-state index contributed by atoms with van der Waals surface area (Å²) in [5.74, 6) is 0.629. The van der Waals surface area contributed by atoms with E-state index < -0.39 is 6.04 Å². The number of rotatable bonds is 9. The highest BCUT2D eigenvalue weighted by Crippen LogP contribution is 2.18. The van der Waals surface area contributed by atoms with Crippen LogP contribution in [0.1, 0.15) is 43.0 Å². The molecule has 1 atom stereocenters. The second-order valence-electron chi connectivity index (χ2n) is 8.38. The molecule has 0 aromatic heterocycles. The van der Waals surface area contributed by atoms with Crippen molar-refractivity contribution in [1.82, 2.24) is 10.2 Å². The maximum Gasteiger partial charge on any atom is 0.261 e. The average molecular weight is 411 g/mol. The summed E-state index contributed by atoms with van der Waals surface area (Å²) in [6, 6.07) is 13.2. The Kier molecular flexibility index (Phi) is 8.46. The van der Waals surface area contributed by atoms with Crippen LogP contribution in [0, 0.1) is 26.7 Å². The molecule has 0 bridgehead atoms. The van der Waals surface area contributed by atoms with Crippen LogP contribution in [0.4, 0.5) is 0 Å². The summed E-state index contributed by atoms with van der Waals surface area (Å²) in [6.07, 6.45) is 0. The summed E-state index contributed by atoms with van der Waals surface area (Å²) in [7, 11) is 0. The van der Waals surface area contributed by atoms with Crippen LogP contribution >= 0.6 is 0 Å². The van der Waals surface area contributed by atoms with E-state index >= 15 is 0 Å². The number of ether oxygens (including phenoxy) is 1. The number of carbonyl (C=O) groups is 2. The summed E-state index contributed by atoms with van der Waals surface area (Å²) >= 11 is 0. The van der Waals surface area contributed by atoms with E-state index in [1.807, 2.05) is 71.0 Å². The van der Waals surface area contributed by atoms with Gasteiger partial charge in [0.1, 0.15) is 11.8 Å². The predicted molar refractivity (Wildman–Crippen MR) is 120 cm³/mol. The van der Waals surface area contributed by atoms with Crippen LogP contribution in [-0.2, 0) is 16.1 Å². The Morgan fingerprint density at radius 1 is 1.00 bits per heavy atom. The van der Waals surface area contributed by atoms with Crippen molar-refractivity contribution in [3.8, 4) is 5.75 Å². The van der Waals surface area contributed by atoms with Crippen LogP contribution in [0.2, 0.25) is 0 Å². The van der Waals surface area contributed by atoms with Crippen molar-refractivity contribution in [1.29, 1.82) is 0 Å². The maximum atomic E-state index is 13.1. The van der Waals surface area contributed by atoms with Crippen molar-refractivity contribution in [3.63, 3.8) is 0 Å². The van der Waals surface area contributed by atoms with E-state index in [0.29, 0.717) is 24.8 Å². The molecule has 2 rings (SSSR count). The molecule has 0 spiro atoms. The lowest BCUT2D eigenvalue weighted by atomic mass is 10.1. The highest BCUT2D eigenvalue weighted by Gasteiger charge is 2.27. The standard InChI is InChI=1S/C25H34N2O3/c1-17(2)14-26-25(29)21(6)27(15-22-10-8-7-9-20(22)5)24(28)16-30-23-12-18(3)11-19(4)13-23/h7-13,17,21H,14-16H2,1-6H3,(H,26,29)/t21-/m0/s1. The molecule has 2 aromatic carbocycles. The lowest BCUT2D eigenvalue weighted by Crippen LogP contribution is -2.49. The van der Waals surface area contributed by atoms with E-state index in [4.69, 9.17) is 4.74 Å². The van der Waals surface area contributed by atoms with Gasteiger partial charge in [-0.05, 0) is 68.0 Å². The van der Waals surface area contributed by atoms with Gasteiger partial charge in [0.05, 0.1) is 0 Å². The molecule has 0 radical (unpaired) electrons. The fraction of sp³-hybridized carbons (Fsp3) is 0.440. The summed E-state index contributed by atoms with van der Waals surface area (Å²) in [5, 5.41) is 2.93. The number of hydrogen-bond acceptors (Lipinski definition) is 3. The molecule has 0 heterocycles. The Hall–Kier alpha value is -2.82. The fourth-order valence-corrected chi connectivity index (χ4v) is 3.25. The second kappa shape index (κ2) is 10.8. The van der Waals surface area contributed by atoms with Crippen molar-refractivity contribution < 1.29 is 14.3 Å². The van der Waals surface area contributed by atoms with Gasteiger partial charge in [-0.15, -0.1) is 0 Å². The summed E-state index contributed by atoms with van der Waals surface area (Å²) < 4.78 is 5.78. The number of amides is 2. The van der Waals surface area contributed by atoms with Gasteiger partial charge in [0.15, 0.2) is 6.61 Å². The van der Waals surface area contributed by atoms with Crippen molar-refractivity contribution in [2.75, 3.05) is 13.2 Å². The summed E-state index contributed by atoms with van der Waals surface area (Å²) in [5.41, 5.74) is 4.26. The quantitative estimate of drug-likeness (QED) is 0.675. The van der Waals surface area contributed by atoms with Gasteiger partial charge in [-0.3, -0.25) is 9.59 Å². The highest BCUT2D eigenvalue weighted by atomic mass is 16.5. The Morgan fingerprint density at radius 3 is 2.23 bits per heavy atom. The van der Waals surface area contributed by atoms with E-state index in [0.717, 1.165) is 22.3 Å². The van der Waals surface area contributed by atoms with Gasteiger partial charge in [0, 0.05) is 13.1 Å². The number of nitrogens with zero attached hydrogens (tertiary/aromatic N) is 1. The number of hydrogen-bond donors (Lipinski definition) is 1. The minimum absolute atomic E-state index is 0.115. The first-order valence-electron chi connectivity index (χ1n) is 10.5. The molecular formula is C25H34N2O3. The molecule has 5 nitrogen and oxygen atoms in total. The zero-order chi connectivity index (χ0) is 22.3. The van der Waals surface area contributed by atoms with Crippen molar-refractivity contribution in [2.45, 2.75) is 54.1 Å². The predicted octanol–water partition coefficient (Wildman–Crippen LogP) is 4.18. The molecule has 162 valence electrons. The van der Waals surface area contributed by atoms with E-state index in [9.17, 15) is 9.59 Å². The molecule has 2 amide bonds. The average Bonchev–Trinajstić information content (AvgIpc) is 2.68. The minimum Gasteiger partial charge on any atom is -0.484 e. The zero-order valence-electron chi connectivity index (χ0n) is 19.0. The molecule has 2 aromatic rings. The zero-order valence-corrected chi connectivity index (χ0v) is 19.0. The molecule has 1 N–H and O–H groups in total. The molecule has 30 heavy (non-hydrogen) atoms. The maximum absolute atomic E-state index is 13.1. The molecule has 0 aliphatic heterocycles. The minimum atomic E-state index is -0.598. The van der Waals surface area contributed by atoms with Gasteiger partial charge >= 0.3 is 0 Å². The molecule has 0 fully saturated rings. The van der Waals surface area contributed by atoms with Crippen molar-refractivity contribution in [3.05, 3.63) is 64.7 Å². The largest absolute Gasteiger partial charge is 0.484 e. The van der Waals surface area contributed by atoms with E-state index in [1.165, 1.54) is 0 Å². The van der Waals surface area contributed by atoms with Gasteiger partial charge in [0.25, 0.3) is 5.91 Å². The second-order valence-corrected chi connectivity index (χ2v) is 8.38. The topological polar surface area (TPSA) is 58.6 Å². The smallest absolute Gasteiger partial charge is 0.261 e. The van der Waals surface area contributed by atoms with E-state index in [2.05, 4.69) is 11.4 Å². The summed E-state index contributed by atoms with van der Waals surface area (Å²) in [4.78, 5) is 27.4. The fourth-order valence-electron chi connectivity index (χ4n) is 3.25. The first-order chi connectivity index (χ1) is 14.2. The van der Waals surface area contributed by atoms with Crippen LogP contribution in [-0.4, -0.2) is 35.9 Å². The van der Waals surface area contributed by atoms with Crippen LogP contribution in [0.3, 0.4) is 0 Å². The third kappa shape index (κ3) is 6.90. The van der Waals surface area contributed by atoms with Gasteiger partial charge in [-0.1, -0.05) is 44.2 Å². The van der Waals surface area contributed by atoms with Crippen LogP contribution in [0.5, 0.6) is 5.75 Å². The Morgan fingerprint density at radius 2 is 1.63 bits per heavy atom. The molecule has 5 heteroatoms. The third-order valence-electron chi connectivity index (χ3n) is 5.01. The van der Waals surface area contributed by atoms with Gasteiger partial charge in [-0.2, -0.15) is 0 Å². The first-order valence-corrected chi connectivity index (χ1v) is 10.5. The normalized spacial score (nSPS) is 11.8. The Balaban J connectivity index is 2.17. The van der Waals surface area contributed by atoms with Crippen LogP contribution in [0.15, 0.2) is 42.5 Å². The molecule has 0 aliphatic carbocycles. The number of aryl methyl sites for hydroxylation is 3. The molecule has 0 saturated carbocycles. The number of benzene rings is 2. The lowest BCUT2D eigenvalue weighted by molar-refractivity contribution is -0.142. The van der Waals surface area contributed by atoms with Crippen LogP contribution < -0.4 is 10.1 Å². The van der Waals surface area contributed by atoms with Gasteiger partial charge < -0.3 is 15.0 Å². The van der Waals surface area contributed by atoms with Gasteiger partial charge in [0.2, 0.25) is 5.91 Å². The first kappa shape index (κ1) is 23.5. The monoisotopic (exact) mass is 410 g/mol. The van der Waals surface area contributed by atoms with Gasteiger partial charge in [-0.25, -0.2) is 0 Å². The lowest BCUT2D eigenvalue weighted by Gasteiger charge is -2.29.